The zero-order chi connectivity index (χ0) is 17.0. The fourth-order valence-corrected chi connectivity index (χ4v) is 4.01. The van der Waals surface area contributed by atoms with Gasteiger partial charge < -0.3 is 15.2 Å². The number of methoxy groups -OCH3 is 2. The first kappa shape index (κ1) is 15.7. The number of hydrogen-bond acceptors (Lipinski definition) is 6. The molecule has 0 unspecified atom stereocenters. The summed E-state index contributed by atoms with van der Waals surface area (Å²) in [6.45, 7) is 0. The third-order valence-electron chi connectivity index (χ3n) is 4.77. The summed E-state index contributed by atoms with van der Waals surface area (Å²) < 4.78 is 25.0. The highest BCUT2D eigenvalue weighted by atomic mass is 35.5. The lowest BCUT2D eigenvalue weighted by atomic mass is 9.93. The third kappa shape index (κ3) is 1.41. The molecule has 1 heterocycles. The number of fused-ring (bicyclic) bond motifs is 1. The maximum Gasteiger partial charge on any atom is 0.292 e. The smallest absolute Gasteiger partial charge is 0.292 e. The molecule has 118 valence electrons. The highest BCUT2D eigenvalue weighted by molar-refractivity contribution is 6.31. The molecule has 2 N–H and O–H groups in total. The molecule has 3 atom stereocenters. The molecular weight excluding hydrogens is 323 g/mol. The molecule has 1 aromatic carbocycles. The van der Waals surface area contributed by atoms with Crippen LogP contribution in [0.2, 0.25) is 5.02 Å². The number of halogens is 2. The molecule has 1 aliphatic carbocycles. The van der Waals surface area contributed by atoms with Crippen LogP contribution >= 0.6 is 11.6 Å². The third-order valence-corrected chi connectivity index (χ3v) is 5.10. The first-order valence-electron chi connectivity index (χ1n) is 6.65. The molecule has 0 radical (unpaired) electrons. The van der Waals surface area contributed by atoms with Crippen LogP contribution in [0.15, 0.2) is 23.2 Å². The number of rotatable bonds is 3. The molecule has 0 amide bonds. The number of nitriles is 2. The first-order chi connectivity index (χ1) is 10.9. The van der Waals surface area contributed by atoms with Gasteiger partial charge in [0.15, 0.2) is 5.41 Å². The highest BCUT2D eigenvalue weighted by Gasteiger charge is 2.94. The second-order valence-corrected chi connectivity index (χ2v) is 5.80. The van der Waals surface area contributed by atoms with Crippen LogP contribution in [-0.2, 0) is 9.47 Å². The molecule has 1 aliphatic heterocycles. The minimum atomic E-state index is -1.79. The van der Waals surface area contributed by atoms with Gasteiger partial charge in [0, 0.05) is 30.7 Å². The predicted octanol–water partition coefficient (Wildman–Crippen LogP) is 1.91. The Morgan fingerprint density at radius 1 is 1.30 bits per heavy atom. The number of benzene rings is 1. The van der Waals surface area contributed by atoms with Gasteiger partial charge in [-0.2, -0.15) is 10.5 Å². The molecule has 2 aliphatic rings. The molecule has 1 aromatic rings. The van der Waals surface area contributed by atoms with Crippen molar-refractivity contribution in [1.29, 1.82) is 10.5 Å². The van der Waals surface area contributed by atoms with Crippen LogP contribution in [0, 0.1) is 39.3 Å². The lowest BCUT2D eigenvalue weighted by Crippen LogP contribution is -2.41. The zero-order valence-electron chi connectivity index (χ0n) is 12.3. The fraction of sp³-hybridized carbons (Fsp3) is 0.400. The summed E-state index contributed by atoms with van der Waals surface area (Å²) in [6.07, 6.45) is 0. The Hall–Kier alpha value is -2.19. The Morgan fingerprint density at radius 3 is 2.43 bits per heavy atom. The van der Waals surface area contributed by atoms with E-state index in [1.807, 2.05) is 12.1 Å². The van der Waals surface area contributed by atoms with E-state index in [9.17, 15) is 14.9 Å². The van der Waals surface area contributed by atoms with E-state index in [-0.39, 0.29) is 16.4 Å². The maximum atomic E-state index is 14.4. The Bertz CT molecular complexity index is 790. The van der Waals surface area contributed by atoms with Crippen molar-refractivity contribution in [2.75, 3.05) is 14.2 Å². The standard InChI is InChI=1S/C15H12ClFN4O2/c1-22-15(23-2)14(7-19)11(13(14,6-18)12(20)21-15)10-8(16)4-3-5-9(10)17/h3-5,11H,1-2H3,(H2,20,21)/t11-,13+,14+/m1/s1. The van der Waals surface area contributed by atoms with Gasteiger partial charge >= 0.3 is 0 Å². The van der Waals surface area contributed by atoms with E-state index < -0.39 is 28.5 Å². The van der Waals surface area contributed by atoms with Gasteiger partial charge in [-0.05, 0) is 12.1 Å². The van der Waals surface area contributed by atoms with E-state index in [1.165, 1.54) is 32.4 Å². The summed E-state index contributed by atoms with van der Waals surface area (Å²) >= 11 is 6.12. The normalized spacial score (nSPS) is 33.3. The zero-order valence-corrected chi connectivity index (χ0v) is 13.1. The van der Waals surface area contributed by atoms with E-state index in [4.69, 9.17) is 26.8 Å². The summed E-state index contributed by atoms with van der Waals surface area (Å²) in [6, 6.07) is 8.19. The van der Waals surface area contributed by atoms with Crippen LogP contribution in [0.4, 0.5) is 4.39 Å². The van der Waals surface area contributed by atoms with E-state index in [0.717, 1.165) is 0 Å². The van der Waals surface area contributed by atoms with Gasteiger partial charge in [0.25, 0.3) is 5.91 Å². The summed E-state index contributed by atoms with van der Waals surface area (Å²) in [5.41, 5.74) is 2.79. The van der Waals surface area contributed by atoms with Crippen LogP contribution in [0.3, 0.4) is 0 Å². The molecule has 0 spiro atoms. The minimum Gasteiger partial charge on any atom is -0.386 e. The average molecular weight is 335 g/mol. The van der Waals surface area contributed by atoms with Gasteiger partial charge in [-0.15, -0.1) is 0 Å². The number of nitrogens with zero attached hydrogens (tertiary/aromatic N) is 3. The van der Waals surface area contributed by atoms with Gasteiger partial charge in [0.2, 0.25) is 0 Å². The summed E-state index contributed by atoms with van der Waals surface area (Å²) in [5.74, 6) is -3.50. The molecule has 1 saturated carbocycles. The summed E-state index contributed by atoms with van der Waals surface area (Å²) in [4.78, 5) is 4.05. The molecule has 0 aromatic heterocycles. The van der Waals surface area contributed by atoms with Crippen molar-refractivity contribution >= 4 is 17.4 Å². The fourth-order valence-electron chi connectivity index (χ4n) is 3.74. The Balaban J connectivity index is 2.33. The topological polar surface area (TPSA) is 104 Å². The van der Waals surface area contributed by atoms with Crippen LogP contribution in [0.5, 0.6) is 0 Å². The SMILES string of the molecule is COC1(OC)N=C(N)[C@]2(C#N)[C@@H](c3c(F)cccc3Cl)[C@]12C#N. The van der Waals surface area contributed by atoms with Crippen molar-refractivity contribution < 1.29 is 13.9 Å². The molecule has 8 heteroatoms. The number of hydrogen-bond donors (Lipinski definition) is 1. The number of aliphatic imine (C=N–C) groups is 1. The van der Waals surface area contributed by atoms with Crippen molar-refractivity contribution in [2.24, 2.45) is 21.6 Å². The van der Waals surface area contributed by atoms with Crippen LogP contribution in [0.1, 0.15) is 11.5 Å². The molecular formula is C15H12ClFN4O2. The molecule has 23 heavy (non-hydrogen) atoms. The number of ether oxygens (including phenoxy) is 2. The van der Waals surface area contributed by atoms with E-state index in [1.54, 1.807) is 0 Å². The molecule has 0 saturated heterocycles. The molecule has 6 nitrogen and oxygen atoms in total. The Morgan fingerprint density at radius 2 is 1.96 bits per heavy atom. The van der Waals surface area contributed by atoms with Crippen LogP contribution < -0.4 is 5.73 Å². The predicted molar refractivity (Wildman–Crippen MR) is 78.6 cm³/mol. The van der Waals surface area contributed by atoms with E-state index >= 15 is 0 Å². The van der Waals surface area contributed by atoms with E-state index in [0.29, 0.717) is 0 Å². The second-order valence-electron chi connectivity index (χ2n) is 5.40. The largest absolute Gasteiger partial charge is 0.386 e. The first-order valence-corrected chi connectivity index (χ1v) is 7.02. The Labute approximate surface area is 136 Å². The van der Waals surface area contributed by atoms with Crippen molar-refractivity contribution in [3.63, 3.8) is 0 Å². The van der Waals surface area contributed by atoms with Gasteiger partial charge in [-0.25, -0.2) is 9.38 Å². The van der Waals surface area contributed by atoms with Crippen molar-refractivity contribution in [2.45, 2.75) is 11.8 Å². The second kappa shape index (κ2) is 4.65. The van der Waals surface area contributed by atoms with E-state index in [2.05, 4.69) is 4.99 Å². The van der Waals surface area contributed by atoms with Gasteiger partial charge in [0.1, 0.15) is 17.1 Å². The van der Waals surface area contributed by atoms with Crippen molar-refractivity contribution in [3.8, 4) is 12.1 Å². The minimum absolute atomic E-state index is 0.0357. The number of amidine groups is 1. The van der Waals surface area contributed by atoms with Gasteiger partial charge in [-0.1, -0.05) is 17.7 Å². The Kier molecular flexibility index (Phi) is 3.18. The molecule has 3 rings (SSSR count). The van der Waals surface area contributed by atoms with Gasteiger partial charge in [0.05, 0.1) is 12.1 Å². The monoisotopic (exact) mass is 334 g/mol. The summed E-state index contributed by atoms with van der Waals surface area (Å²) in [7, 11) is 2.57. The highest BCUT2D eigenvalue weighted by Crippen LogP contribution is 2.82. The quantitative estimate of drug-likeness (QED) is 0.850. The lowest BCUT2D eigenvalue weighted by molar-refractivity contribution is -0.230. The van der Waals surface area contributed by atoms with Crippen molar-refractivity contribution in [1.82, 2.24) is 0 Å². The van der Waals surface area contributed by atoms with Crippen LogP contribution in [-0.4, -0.2) is 26.0 Å². The number of nitrogens with two attached hydrogens (primary N) is 1. The van der Waals surface area contributed by atoms with Gasteiger partial charge in [-0.3, -0.25) is 0 Å². The van der Waals surface area contributed by atoms with Crippen molar-refractivity contribution in [3.05, 3.63) is 34.6 Å². The molecule has 1 fully saturated rings. The van der Waals surface area contributed by atoms with Crippen LogP contribution in [0.25, 0.3) is 0 Å². The maximum absolute atomic E-state index is 14.4. The average Bonchev–Trinajstić information content (AvgIpc) is 3.09. The lowest BCUT2D eigenvalue weighted by Gasteiger charge is -2.29. The molecule has 0 bridgehead atoms. The summed E-state index contributed by atoms with van der Waals surface area (Å²) in [5, 5.41) is 19.7.